The van der Waals surface area contributed by atoms with Crippen LogP contribution < -0.4 is 25.0 Å². The molecule has 1 fully saturated rings. The van der Waals surface area contributed by atoms with Crippen LogP contribution in [0.5, 0.6) is 11.5 Å². The first-order valence-electron chi connectivity index (χ1n) is 9.94. The number of hydrogen-bond donors (Lipinski definition) is 3. The number of amides is 1. The van der Waals surface area contributed by atoms with Crippen molar-refractivity contribution in [3.63, 3.8) is 0 Å². The minimum atomic E-state index is -3.71. The number of carbonyl (C=O) groups excluding carboxylic acids is 1. The lowest BCUT2D eigenvalue weighted by molar-refractivity contribution is -0.286. The van der Waals surface area contributed by atoms with Gasteiger partial charge in [0.05, 0.1) is 17.6 Å². The summed E-state index contributed by atoms with van der Waals surface area (Å²) in [5.41, 5.74) is 1.04. The molecule has 9 nitrogen and oxygen atoms in total. The highest BCUT2D eigenvalue weighted by Gasteiger charge is 2.44. The van der Waals surface area contributed by atoms with Crippen LogP contribution in [-0.2, 0) is 4.79 Å². The molecule has 2 aliphatic rings. The minimum absolute atomic E-state index is 0.0580. The fourth-order valence-electron chi connectivity index (χ4n) is 3.96. The number of piperidine rings is 1. The van der Waals surface area contributed by atoms with E-state index in [4.69, 9.17) is 0 Å². The topological polar surface area (TPSA) is 104 Å². The van der Waals surface area contributed by atoms with Gasteiger partial charge < -0.3 is 30.0 Å². The predicted octanol–water partition coefficient (Wildman–Crippen LogP) is 2.48. The Bertz CT molecular complexity index is 1120. The Balaban J connectivity index is 1.20. The van der Waals surface area contributed by atoms with Crippen molar-refractivity contribution >= 4 is 28.4 Å². The van der Waals surface area contributed by atoms with Crippen LogP contribution in [0.15, 0.2) is 36.8 Å². The van der Waals surface area contributed by atoms with Crippen LogP contribution in [0, 0.1) is 0 Å². The number of hydrogen-bond acceptors (Lipinski definition) is 7. The van der Waals surface area contributed by atoms with E-state index in [2.05, 4.69) is 40.0 Å². The van der Waals surface area contributed by atoms with Gasteiger partial charge in [-0.3, -0.25) is 4.79 Å². The van der Waals surface area contributed by atoms with E-state index in [1.165, 1.54) is 12.4 Å². The van der Waals surface area contributed by atoms with Crippen molar-refractivity contribution in [1.29, 1.82) is 0 Å². The molecule has 0 radical (unpaired) electrons. The Morgan fingerprint density at radius 3 is 3.10 bits per heavy atom. The third-order valence-corrected chi connectivity index (χ3v) is 5.29. The minimum Gasteiger partial charge on any atom is -0.395 e. The first-order chi connectivity index (χ1) is 15.0. The molecule has 1 aromatic carbocycles. The largest absolute Gasteiger partial charge is 0.586 e. The quantitative estimate of drug-likeness (QED) is 0.571. The van der Waals surface area contributed by atoms with Crippen molar-refractivity contribution in [2.75, 3.05) is 29.9 Å². The van der Waals surface area contributed by atoms with Gasteiger partial charge in [-0.1, -0.05) is 6.07 Å². The summed E-state index contributed by atoms with van der Waals surface area (Å²) in [5, 5.41) is 6.79. The van der Waals surface area contributed by atoms with Crippen molar-refractivity contribution in [2.45, 2.75) is 25.2 Å². The first-order valence-corrected chi connectivity index (χ1v) is 9.94. The van der Waals surface area contributed by atoms with Crippen LogP contribution in [-0.4, -0.2) is 52.8 Å². The molecule has 2 aromatic heterocycles. The monoisotopic (exact) mass is 430 g/mol. The van der Waals surface area contributed by atoms with Gasteiger partial charge in [-0.05, 0) is 31.0 Å². The van der Waals surface area contributed by atoms with Gasteiger partial charge in [0.15, 0.2) is 11.5 Å². The Hall–Kier alpha value is -3.63. The standard InChI is InChI=1S/C20H20F2N6O3/c21-20(22)30-15-5-1-4-14(17(15)31-20)24-9-16(29)27-12-3-2-8-28(10-12)19-13-6-7-23-18(13)25-11-26-19/h1,4-7,11-12,24H,2-3,8-10H2,(H,27,29)(H,23,25,26)/t12-/m1/s1. The maximum absolute atomic E-state index is 13.3. The molecule has 1 amide bonds. The van der Waals surface area contributed by atoms with E-state index in [0.717, 1.165) is 36.2 Å². The number of nitrogens with zero attached hydrogens (tertiary/aromatic N) is 3. The molecule has 5 rings (SSSR count). The molecule has 0 aliphatic carbocycles. The maximum Gasteiger partial charge on any atom is 0.586 e. The number of aromatic nitrogens is 3. The van der Waals surface area contributed by atoms with Crippen LogP contribution in [0.4, 0.5) is 20.3 Å². The molecular weight excluding hydrogens is 410 g/mol. The number of fused-ring (bicyclic) bond motifs is 2. The van der Waals surface area contributed by atoms with Crippen LogP contribution in [0.2, 0.25) is 0 Å². The molecule has 3 aromatic rings. The normalized spacial score (nSPS) is 19.4. The predicted molar refractivity (Wildman–Crippen MR) is 108 cm³/mol. The van der Waals surface area contributed by atoms with E-state index < -0.39 is 6.29 Å². The summed E-state index contributed by atoms with van der Waals surface area (Å²) in [4.78, 5) is 26.3. The van der Waals surface area contributed by atoms with Crippen molar-refractivity contribution in [3.8, 4) is 11.5 Å². The Labute approximate surface area is 175 Å². The van der Waals surface area contributed by atoms with E-state index in [0.29, 0.717) is 6.54 Å². The summed E-state index contributed by atoms with van der Waals surface area (Å²) in [6, 6.07) is 6.36. The number of H-pyrrole nitrogens is 1. The number of aromatic amines is 1. The molecule has 0 spiro atoms. The van der Waals surface area contributed by atoms with Crippen LogP contribution in [0.25, 0.3) is 11.0 Å². The lowest BCUT2D eigenvalue weighted by atomic mass is 10.1. The van der Waals surface area contributed by atoms with Crippen molar-refractivity contribution < 1.29 is 23.0 Å². The average Bonchev–Trinajstić information content (AvgIpc) is 3.35. The first kappa shape index (κ1) is 19.3. The van der Waals surface area contributed by atoms with E-state index in [1.54, 1.807) is 12.1 Å². The van der Waals surface area contributed by atoms with Gasteiger partial charge in [0, 0.05) is 25.3 Å². The average molecular weight is 430 g/mol. The van der Waals surface area contributed by atoms with Crippen molar-refractivity contribution in [1.82, 2.24) is 20.3 Å². The molecule has 11 heteroatoms. The summed E-state index contributed by atoms with van der Waals surface area (Å²) in [5.74, 6) is 0.411. The van der Waals surface area contributed by atoms with Gasteiger partial charge in [0.1, 0.15) is 17.8 Å². The molecule has 162 valence electrons. The molecular formula is C20H20F2N6O3. The highest BCUT2D eigenvalue weighted by atomic mass is 19.3. The third-order valence-electron chi connectivity index (χ3n) is 5.29. The SMILES string of the molecule is O=C(CNc1cccc2c1OC(F)(F)O2)N[C@@H]1CCCN(c2ncnc3[nH]ccc23)C1. The molecule has 3 N–H and O–H groups in total. The van der Waals surface area contributed by atoms with E-state index in [1.807, 2.05) is 12.3 Å². The number of para-hydroxylation sites is 1. The highest BCUT2D eigenvalue weighted by Crippen LogP contribution is 2.45. The molecule has 0 bridgehead atoms. The Morgan fingerprint density at radius 2 is 2.19 bits per heavy atom. The van der Waals surface area contributed by atoms with Gasteiger partial charge in [0.2, 0.25) is 5.91 Å². The zero-order chi connectivity index (χ0) is 21.4. The molecule has 4 heterocycles. The Kier molecular flexibility index (Phi) is 4.72. The lowest BCUT2D eigenvalue weighted by Crippen LogP contribution is -2.49. The number of anilines is 2. The lowest BCUT2D eigenvalue weighted by Gasteiger charge is -2.34. The third kappa shape index (κ3) is 3.90. The summed E-state index contributed by atoms with van der Waals surface area (Å²) < 4.78 is 35.6. The fourth-order valence-corrected chi connectivity index (χ4v) is 3.96. The van der Waals surface area contributed by atoms with E-state index in [9.17, 15) is 13.6 Å². The van der Waals surface area contributed by atoms with Crippen molar-refractivity contribution in [3.05, 3.63) is 36.8 Å². The van der Waals surface area contributed by atoms with Gasteiger partial charge >= 0.3 is 6.29 Å². The molecule has 1 atom stereocenters. The molecule has 2 aliphatic heterocycles. The smallest absolute Gasteiger partial charge is 0.395 e. The van der Waals surface area contributed by atoms with Gasteiger partial charge in [0.25, 0.3) is 0 Å². The van der Waals surface area contributed by atoms with Crippen LogP contribution >= 0.6 is 0 Å². The molecule has 0 unspecified atom stereocenters. The summed E-state index contributed by atoms with van der Waals surface area (Å²) in [6.07, 6.45) is 1.38. The van der Waals surface area contributed by atoms with Crippen molar-refractivity contribution in [2.24, 2.45) is 0 Å². The van der Waals surface area contributed by atoms with Gasteiger partial charge in [-0.15, -0.1) is 8.78 Å². The summed E-state index contributed by atoms with van der Waals surface area (Å²) in [6.45, 7) is 1.37. The summed E-state index contributed by atoms with van der Waals surface area (Å²) in [7, 11) is 0. The molecule has 1 saturated heterocycles. The molecule has 31 heavy (non-hydrogen) atoms. The number of rotatable bonds is 5. The summed E-state index contributed by atoms with van der Waals surface area (Å²) >= 11 is 0. The van der Waals surface area contributed by atoms with Gasteiger partial charge in [-0.25, -0.2) is 9.97 Å². The number of benzene rings is 1. The Morgan fingerprint density at radius 1 is 1.29 bits per heavy atom. The van der Waals surface area contributed by atoms with E-state index >= 15 is 0 Å². The zero-order valence-corrected chi connectivity index (χ0v) is 16.4. The zero-order valence-electron chi connectivity index (χ0n) is 16.4. The van der Waals surface area contributed by atoms with E-state index in [-0.39, 0.29) is 35.7 Å². The number of halogens is 2. The highest BCUT2D eigenvalue weighted by molar-refractivity contribution is 5.87. The maximum atomic E-state index is 13.3. The van der Waals surface area contributed by atoms with Gasteiger partial charge in [-0.2, -0.15) is 0 Å². The second-order valence-electron chi connectivity index (χ2n) is 7.44. The van der Waals surface area contributed by atoms with Crippen LogP contribution in [0.1, 0.15) is 12.8 Å². The molecule has 0 saturated carbocycles. The number of ether oxygens (including phenoxy) is 2. The number of carbonyl (C=O) groups is 1. The second-order valence-corrected chi connectivity index (χ2v) is 7.44. The number of nitrogens with one attached hydrogen (secondary N) is 3. The number of alkyl halides is 2. The fraction of sp³-hybridized carbons (Fsp3) is 0.350. The second kappa shape index (κ2) is 7.56. The van der Waals surface area contributed by atoms with Crippen LogP contribution in [0.3, 0.4) is 0 Å².